The maximum absolute atomic E-state index is 12.7. The van der Waals surface area contributed by atoms with Gasteiger partial charge in [0, 0.05) is 48.5 Å². The molecule has 0 bridgehead atoms. The van der Waals surface area contributed by atoms with Gasteiger partial charge in [-0.15, -0.1) is 21.5 Å². The van der Waals surface area contributed by atoms with Crippen molar-refractivity contribution in [3.8, 4) is 27.6 Å². The first-order valence-electron chi connectivity index (χ1n) is 12.2. The molecule has 2 aromatic heterocycles. The van der Waals surface area contributed by atoms with Crippen LogP contribution in [0.1, 0.15) is 18.5 Å². The Bertz CT molecular complexity index is 1280. The summed E-state index contributed by atoms with van der Waals surface area (Å²) in [5.74, 6) is 1.77. The standard InChI is InChI=1S/C28H29N5O2S/c1-35-25-10-6-5-9-23(25)24-11-12-26(32-31-24)33-17-14-20(15-18-33)27(34)29-16-13-22-19-36-28(30-22)21-7-3-2-4-8-21/h2-12,19-20H,13-18H2,1H3,(H,29,34). The largest absolute Gasteiger partial charge is 0.496 e. The molecule has 0 spiro atoms. The number of para-hydroxylation sites is 1. The first-order valence-corrected chi connectivity index (χ1v) is 13.1. The van der Waals surface area contributed by atoms with E-state index in [1.54, 1.807) is 18.4 Å². The summed E-state index contributed by atoms with van der Waals surface area (Å²) in [6.07, 6.45) is 2.34. The summed E-state index contributed by atoms with van der Waals surface area (Å²) in [6, 6.07) is 21.9. The van der Waals surface area contributed by atoms with Crippen molar-refractivity contribution < 1.29 is 9.53 Å². The van der Waals surface area contributed by atoms with Gasteiger partial charge in [-0.2, -0.15) is 0 Å². The zero-order valence-electron chi connectivity index (χ0n) is 20.3. The number of anilines is 1. The van der Waals surface area contributed by atoms with Crippen LogP contribution in [0.15, 0.2) is 72.1 Å². The smallest absolute Gasteiger partial charge is 0.223 e. The predicted molar refractivity (Wildman–Crippen MR) is 143 cm³/mol. The molecule has 5 rings (SSSR count). The number of hydrogen-bond acceptors (Lipinski definition) is 7. The molecule has 184 valence electrons. The van der Waals surface area contributed by atoms with Gasteiger partial charge in [0.2, 0.25) is 5.91 Å². The van der Waals surface area contributed by atoms with Gasteiger partial charge in [0.05, 0.1) is 18.5 Å². The van der Waals surface area contributed by atoms with Crippen molar-refractivity contribution in [1.82, 2.24) is 20.5 Å². The van der Waals surface area contributed by atoms with Crippen molar-refractivity contribution in [3.05, 3.63) is 77.8 Å². The fraction of sp³-hybridized carbons (Fsp3) is 0.286. The van der Waals surface area contributed by atoms with Gasteiger partial charge in [0.1, 0.15) is 10.8 Å². The second kappa shape index (κ2) is 11.3. The predicted octanol–water partition coefficient (Wildman–Crippen LogP) is 4.85. The number of thiazole rings is 1. The Balaban J connectivity index is 1.09. The SMILES string of the molecule is COc1ccccc1-c1ccc(N2CCC(C(=O)NCCc3csc(-c4ccccc4)n3)CC2)nn1. The molecule has 4 aromatic rings. The first-order chi connectivity index (χ1) is 17.7. The molecule has 7 nitrogen and oxygen atoms in total. The van der Waals surface area contributed by atoms with E-state index < -0.39 is 0 Å². The lowest BCUT2D eigenvalue weighted by atomic mass is 9.96. The number of rotatable bonds is 8. The van der Waals surface area contributed by atoms with E-state index in [1.807, 2.05) is 54.6 Å². The molecule has 1 N–H and O–H groups in total. The molecule has 36 heavy (non-hydrogen) atoms. The summed E-state index contributed by atoms with van der Waals surface area (Å²) in [6.45, 7) is 2.17. The molecule has 0 aliphatic carbocycles. The maximum atomic E-state index is 12.7. The van der Waals surface area contributed by atoms with Crippen LogP contribution in [0, 0.1) is 5.92 Å². The molecular formula is C28H29N5O2S. The molecule has 0 radical (unpaired) electrons. The van der Waals surface area contributed by atoms with E-state index in [0.717, 1.165) is 71.4 Å². The van der Waals surface area contributed by atoms with Crippen LogP contribution in [0.3, 0.4) is 0 Å². The molecule has 1 saturated heterocycles. The minimum absolute atomic E-state index is 0.0253. The summed E-state index contributed by atoms with van der Waals surface area (Å²) in [5.41, 5.74) is 3.85. The number of carbonyl (C=O) groups excluding carboxylic acids is 1. The number of ether oxygens (including phenoxy) is 1. The summed E-state index contributed by atoms with van der Waals surface area (Å²) in [4.78, 5) is 19.6. The number of nitrogens with one attached hydrogen (secondary N) is 1. The third-order valence-corrected chi connectivity index (χ3v) is 7.42. The summed E-state index contributed by atoms with van der Waals surface area (Å²) in [5, 5.41) is 15.1. The fourth-order valence-electron chi connectivity index (χ4n) is 4.46. The van der Waals surface area contributed by atoms with Crippen molar-refractivity contribution in [2.75, 3.05) is 31.6 Å². The van der Waals surface area contributed by atoms with Crippen LogP contribution in [-0.4, -0.2) is 47.8 Å². The Morgan fingerprint density at radius 3 is 2.56 bits per heavy atom. The third-order valence-electron chi connectivity index (χ3n) is 6.48. The number of piperidine rings is 1. The Morgan fingerprint density at radius 1 is 1.03 bits per heavy atom. The van der Waals surface area contributed by atoms with E-state index in [9.17, 15) is 4.79 Å². The molecule has 0 unspecified atom stereocenters. The van der Waals surface area contributed by atoms with Gasteiger partial charge in [0.25, 0.3) is 0 Å². The van der Waals surface area contributed by atoms with E-state index in [-0.39, 0.29) is 11.8 Å². The monoisotopic (exact) mass is 499 g/mol. The van der Waals surface area contributed by atoms with Gasteiger partial charge in [-0.3, -0.25) is 4.79 Å². The number of nitrogens with zero attached hydrogens (tertiary/aromatic N) is 4. The Labute approximate surface area is 215 Å². The minimum atomic E-state index is 0.0253. The minimum Gasteiger partial charge on any atom is -0.496 e. The number of amides is 1. The van der Waals surface area contributed by atoms with Crippen molar-refractivity contribution in [2.45, 2.75) is 19.3 Å². The molecule has 1 aliphatic heterocycles. The quantitative estimate of drug-likeness (QED) is 0.373. The van der Waals surface area contributed by atoms with E-state index in [1.165, 1.54) is 0 Å². The lowest BCUT2D eigenvalue weighted by Crippen LogP contribution is -2.41. The van der Waals surface area contributed by atoms with Crippen LogP contribution < -0.4 is 15.0 Å². The van der Waals surface area contributed by atoms with Crippen LogP contribution in [-0.2, 0) is 11.2 Å². The number of benzene rings is 2. The highest BCUT2D eigenvalue weighted by atomic mass is 32.1. The molecule has 1 fully saturated rings. The Morgan fingerprint density at radius 2 is 1.81 bits per heavy atom. The molecule has 1 aliphatic rings. The van der Waals surface area contributed by atoms with Gasteiger partial charge < -0.3 is 15.0 Å². The highest BCUT2D eigenvalue weighted by Crippen LogP contribution is 2.29. The van der Waals surface area contributed by atoms with Gasteiger partial charge in [-0.1, -0.05) is 42.5 Å². The molecule has 2 aromatic carbocycles. The highest BCUT2D eigenvalue weighted by Gasteiger charge is 2.25. The van der Waals surface area contributed by atoms with Crippen LogP contribution >= 0.6 is 11.3 Å². The Hall–Kier alpha value is -3.78. The van der Waals surface area contributed by atoms with Crippen molar-refractivity contribution in [3.63, 3.8) is 0 Å². The number of hydrogen-bond donors (Lipinski definition) is 1. The van der Waals surface area contributed by atoms with E-state index in [0.29, 0.717) is 6.54 Å². The molecular weight excluding hydrogens is 470 g/mol. The number of aromatic nitrogens is 3. The van der Waals surface area contributed by atoms with Crippen LogP contribution in [0.4, 0.5) is 5.82 Å². The molecule has 0 saturated carbocycles. The normalized spacial score (nSPS) is 14.0. The van der Waals surface area contributed by atoms with Gasteiger partial charge in [-0.05, 0) is 37.1 Å². The zero-order valence-corrected chi connectivity index (χ0v) is 21.1. The molecule has 8 heteroatoms. The highest BCUT2D eigenvalue weighted by molar-refractivity contribution is 7.13. The first kappa shape index (κ1) is 23.9. The average Bonchev–Trinajstić information content (AvgIpc) is 3.43. The van der Waals surface area contributed by atoms with Gasteiger partial charge >= 0.3 is 0 Å². The number of carbonyl (C=O) groups is 1. The van der Waals surface area contributed by atoms with E-state index in [4.69, 9.17) is 9.72 Å². The van der Waals surface area contributed by atoms with E-state index >= 15 is 0 Å². The second-order valence-corrected chi connectivity index (χ2v) is 9.65. The van der Waals surface area contributed by atoms with Crippen LogP contribution in [0.25, 0.3) is 21.8 Å². The van der Waals surface area contributed by atoms with Crippen LogP contribution in [0.5, 0.6) is 5.75 Å². The molecule has 0 atom stereocenters. The fourth-order valence-corrected chi connectivity index (χ4v) is 5.32. The van der Waals surface area contributed by atoms with Crippen molar-refractivity contribution in [2.24, 2.45) is 5.92 Å². The molecule has 1 amide bonds. The number of methoxy groups -OCH3 is 1. The van der Waals surface area contributed by atoms with Crippen molar-refractivity contribution in [1.29, 1.82) is 0 Å². The van der Waals surface area contributed by atoms with Crippen molar-refractivity contribution >= 4 is 23.1 Å². The lowest BCUT2D eigenvalue weighted by molar-refractivity contribution is -0.125. The Kier molecular flexibility index (Phi) is 7.52. The lowest BCUT2D eigenvalue weighted by Gasteiger charge is -2.31. The zero-order chi connectivity index (χ0) is 24.7. The summed E-state index contributed by atoms with van der Waals surface area (Å²) in [7, 11) is 1.65. The van der Waals surface area contributed by atoms with Gasteiger partial charge in [0.15, 0.2) is 5.82 Å². The summed E-state index contributed by atoms with van der Waals surface area (Å²) >= 11 is 1.64. The second-order valence-electron chi connectivity index (χ2n) is 8.79. The average molecular weight is 500 g/mol. The van der Waals surface area contributed by atoms with Gasteiger partial charge in [-0.25, -0.2) is 4.98 Å². The molecule has 3 heterocycles. The third kappa shape index (κ3) is 5.54. The maximum Gasteiger partial charge on any atom is 0.223 e. The topological polar surface area (TPSA) is 80.2 Å². The van der Waals surface area contributed by atoms with Crippen LogP contribution in [0.2, 0.25) is 0 Å². The summed E-state index contributed by atoms with van der Waals surface area (Å²) < 4.78 is 5.43. The van der Waals surface area contributed by atoms with E-state index in [2.05, 4.69) is 37.9 Å².